The Bertz CT molecular complexity index is 709. The molecule has 0 radical (unpaired) electrons. The first kappa shape index (κ1) is 10.8. The Morgan fingerprint density at radius 3 is 2.83 bits per heavy atom. The number of fused-ring (bicyclic) bond motifs is 1. The minimum atomic E-state index is 0.467. The van der Waals surface area contributed by atoms with Gasteiger partial charge in [-0.1, -0.05) is 0 Å². The molecule has 0 aliphatic carbocycles. The summed E-state index contributed by atoms with van der Waals surface area (Å²) in [7, 11) is 1.95. The molecule has 92 valence electrons. The Morgan fingerprint density at radius 2 is 2.11 bits per heavy atom. The van der Waals surface area contributed by atoms with Crippen LogP contribution in [-0.4, -0.2) is 24.1 Å². The van der Waals surface area contributed by atoms with E-state index in [2.05, 4.69) is 15.0 Å². The summed E-state index contributed by atoms with van der Waals surface area (Å²) in [6.45, 7) is 2.57. The number of pyridine rings is 1. The molecule has 0 aliphatic rings. The Kier molecular flexibility index (Phi) is 2.29. The third kappa shape index (κ3) is 1.54. The van der Waals surface area contributed by atoms with E-state index in [0.717, 1.165) is 22.6 Å². The van der Waals surface area contributed by atoms with Crippen LogP contribution < -0.4 is 5.73 Å². The van der Waals surface area contributed by atoms with Gasteiger partial charge in [-0.3, -0.25) is 4.57 Å². The molecule has 6 heteroatoms. The standard InChI is InChI=1S/C12H14N6/c1-8-3-4-15-11-10(8)16-12(13)18(11)7-9-14-5-6-17(9)2/h3-6H,7H2,1-2H3,(H2,13,16). The van der Waals surface area contributed by atoms with Crippen molar-refractivity contribution in [3.8, 4) is 0 Å². The fraction of sp³-hybridized carbons (Fsp3) is 0.250. The Morgan fingerprint density at radius 1 is 1.28 bits per heavy atom. The smallest absolute Gasteiger partial charge is 0.202 e. The largest absolute Gasteiger partial charge is 0.369 e. The van der Waals surface area contributed by atoms with E-state index in [9.17, 15) is 0 Å². The fourth-order valence-electron chi connectivity index (χ4n) is 2.00. The maximum atomic E-state index is 5.96. The second kappa shape index (κ2) is 3.83. The zero-order chi connectivity index (χ0) is 12.7. The van der Waals surface area contributed by atoms with E-state index in [1.807, 2.05) is 35.4 Å². The second-order valence-corrected chi connectivity index (χ2v) is 4.31. The maximum absolute atomic E-state index is 5.96. The van der Waals surface area contributed by atoms with Crippen molar-refractivity contribution in [3.05, 3.63) is 36.0 Å². The number of imidazole rings is 2. The van der Waals surface area contributed by atoms with E-state index < -0.39 is 0 Å². The van der Waals surface area contributed by atoms with Crippen LogP contribution in [0.2, 0.25) is 0 Å². The number of anilines is 1. The predicted octanol–water partition coefficient (Wildman–Crippen LogP) is 1.10. The van der Waals surface area contributed by atoms with Crippen LogP contribution in [0.3, 0.4) is 0 Å². The van der Waals surface area contributed by atoms with Gasteiger partial charge in [-0.2, -0.15) is 0 Å². The summed E-state index contributed by atoms with van der Waals surface area (Å²) >= 11 is 0. The second-order valence-electron chi connectivity index (χ2n) is 4.31. The maximum Gasteiger partial charge on any atom is 0.202 e. The summed E-state index contributed by atoms with van der Waals surface area (Å²) in [6.07, 6.45) is 5.44. The van der Waals surface area contributed by atoms with Gasteiger partial charge in [0.1, 0.15) is 11.3 Å². The third-order valence-corrected chi connectivity index (χ3v) is 3.09. The first-order valence-electron chi connectivity index (χ1n) is 5.70. The third-order valence-electron chi connectivity index (χ3n) is 3.09. The van der Waals surface area contributed by atoms with Crippen LogP contribution >= 0.6 is 0 Å². The van der Waals surface area contributed by atoms with Gasteiger partial charge in [-0.15, -0.1) is 0 Å². The quantitative estimate of drug-likeness (QED) is 0.730. The average Bonchev–Trinajstić information content (AvgIpc) is 2.87. The minimum Gasteiger partial charge on any atom is -0.369 e. The topological polar surface area (TPSA) is 74.6 Å². The van der Waals surface area contributed by atoms with Gasteiger partial charge < -0.3 is 10.3 Å². The molecule has 0 amide bonds. The van der Waals surface area contributed by atoms with Gasteiger partial charge in [0.2, 0.25) is 5.95 Å². The lowest BCUT2D eigenvalue weighted by Gasteiger charge is -2.05. The Labute approximate surface area is 104 Å². The van der Waals surface area contributed by atoms with Crippen LogP contribution in [0.5, 0.6) is 0 Å². The lowest BCUT2D eigenvalue weighted by atomic mass is 10.3. The van der Waals surface area contributed by atoms with Gasteiger partial charge in [0.15, 0.2) is 5.65 Å². The van der Waals surface area contributed by atoms with Crippen LogP contribution in [0.25, 0.3) is 11.2 Å². The number of nitrogen functional groups attached to an aromatic ring is 1. The first-order valence-corrected chi connectivity index (χ1v) is 5.70. The molecule has 3 aromatic heterocycles. The number of aromatic nitrogens is 5. The van der Waals surface area contributed by atoms with E-state index in [1.165, 1.54) is 0 Å². The number of nitrogens with two attached hydrogens (primary N) is 1. The molecule has 0 aliphatic heterocycles. The molecule has 3 heterocycles. The summed E-state index contributed by atoms with van der Waals surface area (Å²) in [6, 6.07) is 1.93. The highest BCUT2D eigenvalue weighted by Gasteiger charge is 2.12. The van der Waals surface area contributed by atoms with Crippen molar-refractivity contribution in [2.45, 2.75) is 13.5 Å². The van der Waals surface area contributed by atoms with Crippen molar-refractivity contribution in [2.24, 2.45) is 7.05 Å². The molecule has 0 unspecified atom stereocenters. The van der Waals surface area contributed by atoms with Crippen molar-refractivity contribution in [2.75, 3.05) is 5.73 Å². The van der Waals surface area contributed by atoms with Gasteiger partial charge in [-0.05, 0) is 18.6 Å². The van der Waals surface area contributed by atoms with E-state index in [1.54, 1.807) is 12.4 Å². The molecule has 0 saturated carbocycles. The van der Waals surface area contributed by atoms with Crippen LogP contribution in [0, 0.1) is 6.92 Å². The molecule has 18 heavy (non-hydrogen) atoms. The van der Waals surface area contributed by atoms with Gasteiger partial charge in [0, 0.05) is 25.6 Å². The fourth-order valence-corrected chi connectivity index (χ4v) is 2.00. The number of aryl methyl sites for hydroxylation is 2. The Hall–Kier alpha value is -2.37. The van der Waals surface area contributed by atoms with Gasteiger partial charge in [0.25, 0.3) is 0 Å². The molecule has 0 bridgehead atoms. The highest BCUT2D eigenvalue weighted by Crippen LogP contribution is 2.19. The van der Waals surface area contributed by atoms with E-state index in [0.29, 0.717) is 12.5 Å². The van der Waals surface area contributed by atoms with Crippen LogP contribution in [0.1, 0.15) is 11.4 Å². The summed E-state index contributed by atoms with van der Waals surface area (Å²) in [4.78, 5) is 13.0. The summed E-state index contributed by atoms with van der Waals surface area (Å²) < 4.78 is 3.84. The van der Waals surface area contributed by atoms with Crippen molar-refractivity contribution in [1.82, 2.24) is 24.1 Å². The summed E-state index contributed by atoms with van der Waals surface area (Å²) in [5, 5.41) is 0. The normalized spacial score (nSPS) is 11.2. The van der Waals surface area contributed by atoms with Gasteiger partial charge >= 0.3 is 0 Å². The zero-order valence-electron chi connectivity index (χ0n) is 10.3. The summed E-state index contributed by atoms with van der Waals surface area (Å²) in [5.41, 5.74) is 8.69. The average molecular weight is 242 g/mol. The van der Waals surface area contributed by atoms with Crippen LogP contribution in [0.15, 0.2) is 24.7 Å². The lowest BCUT2D eigenvalue weighted by Crippen LogP contribution is -2.09. The van der Waals surface area contributed by atoms with Crippen molar-refractivity contribution >= 4 is 17.1 Å². The zero-order valence-corrected chi connectivity index (χ0v) is 10.3. The molecule has 6 nitrogen and oxygen atoms in total. The van der Waals surface area contributed by atoms with E-state index >= 15 is 0 Å². The number of hydrogen-bond donors (Lipinski definition) is 1. The lowest BCUT2D eigenvalue weighted by molar-refractivity contribution is 0.716. The van der Waals surface area contributed by atoms with E-state index in [4.69, 9.17) is 5.73 Å². The van der Waals surface area contributed by atoms with Crippen molar-refractivity contribution < 1.29 is 0 Å². The minimum absolute atomic E-state index is 0.467. The van der Waals surface area contributed by atoms with Crippen molar-refractivity contribution in [3.63, 3.8) is 0 Å². The molecule has 0 spiro atoms. The molecule has 2 N–H and O–H groups in total. The molecule has 0 aromatic carbocycles. The first-order chi connectivity index (χ1) is 8.66. The van der Waals surface area contributed by atoms with Crippen LogP contribution in [0.4, 0.5) is 5.95 Å². The van der Waals surface area contributed by atoms with Crippen LogP contribution in [-0.2, 0) is 13.6 Å². The van der Waals surface area contributed by atoms with Gasteiger partial charge in [-0.25, -0.2) is 15.0 Å². The molecule has 0 atom stereocenters. The predicted molar refractivity (Wildman–Crippen MR) is 69.0 cm³/mol. The highest BCUT2D eigenvalue weighted by molar-refractivity contribution is 5.77. The molecule has 0 saturated heterocycles. The number of nitrogens with zero attached hydrogens (tertiary/aromatic N) is 5. The molecular formula is C12H14N6. The molecule has 3 aromatic rings. The monoisotopic (exact) mass is 242 g/mol. The molecular weight excluding hydrogens is 228 g/mol. The van der Waals surface area contributed by atoms with Gasteiger partial charge in [0.05, 0.1) is 6.54 Å². The van der Waals surface area contributed by atoms with Crippen molar-refractivity contribution in [1.29, 1.82) is 0 Å². The SMILES string of the molecule is Cc1ccnc2c1nc(N)n2Cc1nccn1C. The number of rotatable bonds is 2. The number of hydrogen-bond acceptors (Lipinski definition) is 4. The molecule has 3 rings (SSSR count). The van der Waals surface area contributed by atoms with E-state index in [-0.39, 0.29) is 0 Å². The molecule has 0 fully saturated rings. The highest BCUT2D eigenvalue weighted by atomic mass is 15.2. The summed E-state index contributed by atoms with van der Waals surface area (Å²) in [5.74, 6) is 1.39. The Balaban J connectivity index is 2.15.